The number of aliphatic carboxylic acids is 1. The minimum atomic E-state index is -5.08. The van der Waals surface area contributed by atoms with Crippen LogP contribution in [0.1, 0.15) is 37.0 Å². The van der Waals surface area contributed by atoms with Crippen LogP contribution in [0.3, 0.4) is 0 Å². The fraction of sp³-hybridized carbons (Fsp3) is 0.350. The molecular weight excluding hydrogens is 467 g/mol. The quantitative estimate of drug-likeness (QED) is 0.481. The van der Waals surface area contributed by atoms with E-state index in [2.05, 4.69) is 16.6 Å². The maximum atomic E-state index is 12.4. The first kappa shape index (κ1) is 27.7. The smallest absolute Gasteiger partial charge is 0.478 e. The number of hydrogen-bond donors (Lipinski definition) is 3. The number of alkyl halides is 3. The summed E-state index contributed by atoms with van der Waals surface area (Å²) in [6.45, 7) is 5.29. The molecule has 0 aliphatic rings. The fourth-order valence-corrected chi connectivity index (χ4v) is 3.55. The number of carboxylic acids is 2. The SMILES string of the molecule is CCCCN(CC)c1ncc(NS(=O)(=O)c2ccccc2)cc1C(=O)O.O=C(O)C(F)(F)F. The summed E-state index contributed by atoms with van der Waals surface area (Å²) in [6, 6.07) is 9.18. The molecule has 0 saturated carbocycles. The van der Waals surface area contributed by atoms with Gasteiger partial charge in [0.25, 0.3) is 10.0 Å². The largest absolute Gasteiger partial charge is 0.490 e. The molecule has 3 N–H and O–H groups in total. The molecule has 0 atom stereocenters. The maximum absolute atomic E-state index is 12.4. The molecule has 0 radical (unpaired) electrons. The second kappa shape index (κ2) is 12.0. The van der Waals surface area contributed by atoms with Gasteiger partial charge in [-0.1, -0.05) is 31.5 Å². The van der Waals surface area contributed by atoms with Crippen molar-refractivity contribution in [2.24, 2.45) is 0 Å². The van der Waals surface area contributed by atoms with Gasteiger partial charge in [0.05, 0.1) is 16.8 Å². The highest BCUT2D eigenvalue weighted by Crippen LogP contribution is 2.24. The number of aromatic carboxylic acids is 1. The number of carbonyl (C=O) groups is 2. The third-order valence-corrected chi connectivity index (χ3v) is 5.51. The molecule has 2 aromatic rings. The summed E-state index contributed by atoms with van der Waals surface area (Å²) in [5.74, 6) is -3.56. The normalized spacial score (nSPS) is 11.2. The third kappa shape index (κ3) is 8.60. The van der Waals surface area contributed by atoms with Crippen LogP contribution in [-0.2, 0) is 14.8 Å². The molecule has 9 nitrogen and oxygen atoms in total. The van der Waals surface area contributed by atoms with Gasteiger partial charge in [-0.3, -0.25) is 4.72 Å². The van der Waals surface area contributed by atoms with Gasteiger partial charge in [0.1, 0.15) is 11.4 Å². The lowest BCUT2D eigenvalue weighted by atomic mass is 10.2. The van der Waals surface area contributed by atoms with Crippen molar-refractivity contribution in [1.29, 1.82) is 0 Å². The molecule has 33 heavy (non-hydrogen) atoms. The van der Waals surface area contributed by atoms with Gasteiger partial charge in [0.15, 0.2) is 0 Å². The molecular formula is C20H24F3N3O6S. The average Bonchev–Trinajstić information content (AvgIpc) is 2.75. The number of halogens is 3. The van der Waals surface area contributed by atoms with E-state index in [0.717, 1.165) is 12.8 Å². The topological polar surface area (TPSA) is 137 Å². The van der Waals surface area contributed by atoms with Crippen LogP contribution >= 0.6 is 0 Å². The molecule has 0 amide bonds. The van der Waals surface area contributed by atoms with Crippen LogP contribution in [0.4, 0.5) is 24.7 Å². The van der Waals surface area contributed by atoms with Crippen molar-refractivity contribution in [3.63, 3.8) is 0 Å². The lowest BCUT2D eigenvalue weighted by molar-refractivity contribution is -0.192. The predicted molar refractivity (Wildman–Crippen MR) is 115 cm³/mol. The molecule has 0 saturated heterocycles. The molecule has 2 rings (SSSR count). The number of pyridine rings is 1. The van der Waals surface area contributed by atoms with Crippen LogP contribution in [0.15, 0.2) is 47.5 Å². The zero-order valence-corrected chi connectivity index (χ0v) is 18.7. The van der Waals surface area contributed by atoms with Gasteiger partial charge in [0.2, 0.25) is 0 Å². The van der Waals surface area contributed by atoms with E-state index in [1.54, 1.807) is 18.2 Å². The summed E-state index contributed by atoms with van der Waals surface area (Å²) >= 11 is 0. The molecule has 1 heterocycles. The van der Waals surface area contributed by atoms with Crippen molar-refractivity contribution in [1.82, 2.24) is 4.98 Å². The van der Waals surface area contributed by atoms with Crippen molar-refractivity contribution in [2.45, 2.75) is 37.8 Å². The summed E-state index contributed by atoms with van der Waals surface area (Å²) in [5, 5.41) is 16.7. The number of benzene rings is 1. The molecule has 0 aliphatic carbocycles. The van der Waals surface area contributed by atoms with E-state index in [0.29, 0.717) is 18.9 Å². The number of carboxylic acid groups (broad SMARTS) is 2. The highest BCUT2D eigenvalue weighted by atomic mass is 32.2. The molecule has 1 aromatic heterocycles. The third-order valence-electron chi connectivity index (χ3n) is 4.11. The van der Waals surface area contributed by atoms with Gasteiger partial charge < -0.3 is 15.1 Å². The van der Waals surface area contributed by atoms with E-state index < -0.39 is 28.1 Å². The lowest BCUT2D eigenvalue weighted by Gasteiger charge is -2.23. The van der Waals surface area contributed by atoms with Gasteiger partial charge in [-0.15, -0.1) is 0 Å². The molecule has 0 aliphatic heterocycles. The van der Waals surface area contributed by atoms with E-state index in [-0.39, 0.29) is 16.1 Å². The second-order valence-corrected chi connectivity index (χ2v) is 8.24. The van der Waals surface area contributed by atoms with E-state index in [1.807, 2.05) is 11.8 Å². The van der Waals surface area contributed by atoms with Crippen LogP contribution in [-0.4, -0.2) is 54.8 Å². The second-order valence-electron chi connectivity index (χ2n) is 6.55. The molecule has 182 valence electrons. The Morgan fingerprint density at radius 3 is 2.15 bits per heavy atom. The molecule has 0 fully saturated rings. The molecule has 0 spiro atoms. The van der Waals surface area contributed by atoms with E-state index in [1.165, 1.54) is 24.4 Å². The van der Waals surface area contributed by atoms with Crippen LogP contribution in [0.25, 0.3) is 0 Å². The monoisotopic (exact) mass is 491 g/mol. The summed E-state index contributed by atoms with van der Waals surface area (Å²) in [6.07, 6.45) is -1.85. The fourth-order valence-electron chi connectivity index (χ4n) is 2.50. The highest BCUT2D eigenvalue weighted by Gasteiger charge is 2.38. The summed E-state index contributed by atoms with van der Waals surface area (Å²) < 4.78 is 58.9. The average molecular weight is 491 g/mol. The standard InChI is InChI=1S/C18H23N3O4S.C2HF3O2/c1-3-5-11-21(4-2)17-16(18(22)23)12-14(13-19-17)20-26(24,25)15-9-7-6-8-10-15;3-2(4,5)1(6)7/h6-10,12-13,20H,3-5,11H2,1-2H3,(H,22,23);(H,6,7). The van der Waals surface area contributed by atoms with Crippen molar-refractivity contribution in [3.05, 3.63) is 48.2 Å². The Balaban J connectivity index is 0.000000675. The maximum Gasteiger partial charge on any atom is 0.490 e. The summed E-state index contributed by atoms with van der Waals surface area (Å²) in [7, 11) is -3.81. The Kier molecular flexibility index (Phi) is 10.1. The van der Waals surface area contributed by atoms with Gasteiger partial charge in [-0.25, -0.2) is 23.0 Å². The number of anilines is 2. The van der Waals surface area contributed by atoms with Gasteiger partial charge in [-0.05, 0) is 31.5 Å². The van der Waals surface area contributed by atoms with Gasteiger partial charge in [0, 0.05) is 13.1 Å². The number of nitrogens with one attached hydrogen (secondary N) is 1. The zero-order chi connectivity index (χ0) is 25.2. The number of nitrogens with zero attached hydrogens (tertiary/aromatic N) is 2. The Labute approximate surface area is 188 Å². The molecule has 1 aromatic carbocycles. The van der Waals surface area contributed by atoms with E-state index in [9.17, 15) is 31.5 Å². The molecule has 0 unspecified atom stereocenters. The zero-order valence-electron chi connectivity index (χ0n) is 17.8. The lowest BCUT2D eigenvalue weighted by Crippen LogP contribution is -2.27. The number of unbranched alkanes of at least 4 members (excludes halogenated alkanes) is 1. The molecule has 13 heteroatoms. The first-order valence-corrected chi connectivity index (χ1v) is 11.2. The van der Waals surface area contributed by atoms with E-state index in [4.69, 9.17) is 9.90 Å². The Morgan fingerprint density at radius 1 is 1.12 bits per heavy atom. The summed E-state index contributed by atoms with van der Waals surface area (Å²) in [4.78, 5) is 26.7. The van der Waals surface area contributed by atoms with Crippen LogP contribution in [0, 0.1) is 0 Å². The van der Waals surface area contributed by atoms with E-state index >= 15 is 0 Å². The van der Waals surface area contributed by atoms with Gasteiger partial charge in [-0.2, -0.15) is 13.2 Å². The first-order chi connectivity index (χ1) is 15.3. The minimum absolute atomic E-state index is 0.0313. The summed E-state index contributed by atoms with van der Waals surface area (Å²) in [5.41, 5.74) is 0.0813. The Hall–Kier alpha value is -3.35. The van der Waals surface area contributed by atoms with Crippen molar-refractivity contribution >= 4 is 33.5 Å². The van der Waals surface area contributed by atoms with Gasteiger partial charge >= 0.3 is 18.1 Å². The van der Waals surface area contributed by atoms with Crippen LogP contribution < -0.4 is 9.62 Å². The number of sulfonamides is 1. The predicted octanol–water partition coefficient (Wildman–Crippen LogP) is 3.84. The first-order valence-electron chi connectivity index (χ1n) is 9.69. The van der Waals surface area contributed by atoms with Crippen molar-refractivity contribution in [3.8, 4) is 0 Å². The number of aromatic nitrogens is 1. The Bertz CT molecular complexity index is 1050. The molecule has 0 bridgehead atoms. The number of hydrogen-bond acceptors (Lipinski definition) is 6. The van der Waals surface area contributed by atoms with Crippen molar-refractivity contribution in [2.75, 3.05) is 22.7 Å². The van der Waals surface area contributed by atoms with Crippen LogP contribution in [0.5, 0.6) is 0 Å². The van der Waals surface area contributed by atoms with Crippen LogP contribution in [0.2, 0.25) is 0 Å². The highest BCUT2D eigenvalue weighted by molar-refractivity contribution is 7.92. The minimum Gasteiger partial charge on any atom is -0.478 e. The number of rotatable bonds is 9. The Morgan fingerprint density at radius 2 is 1.70 bits per heavy atom. The van der Waals surface area contributed by atoms with Crippen molar-refractivity contribution < 1.29 is 41.4 Å².